The zero-order valence-corrected chi connectivity index (χ0v) is 18.7. The smallest absolute Gasteiger partial charge is 0.191 e. The number of hydrogen-bond acceptors (Lipinski definition) is 6. The summed E-state index contributed by atoms with van der Waals surface area (Å²) in [6.07, 6.45) is 6.11. The first kappa shape index (κ1) is 21.1. The largest absolute Gasteiger partial charge is 0.467 e. The Labute approximate surface area is 185 Å². The second kappa shape index (κ2) is 9.34. The van der Waals surface area contributed by atoms with Crippen LogP contribution in [0.2, 0.25) is 0 Å². The quantitative estimate of drug-likeness (QED) is 0.278. The Morgan fingerprint density at radius 3 is 2.65 bits per heavy atom. The molecule has 0 aliphatic heterocycles. The van der Waals surface area contributed by atoms with Crippen LogP contribution < -0.4 is 0 Å². The molecule has 0 amide bonds. The lowest BCUT2D eigenvalue weighted by Crippen LogP contribution is -2.08. The van der Waals surface area contributed by atoms with Crippen molar-refractivity contribution in [1.82, 2.24) is 24.3 Å². The minimum absolute atomic E-state index is 0.0836. The van der Waals surface area contributed by atoms with Crippen LogP contribution in [-0.4, -0.2) is 35.9 Å². The average Bonchev–Trinajstić information content (AvgIpc) is 3.50. The molecule has 0 atom stereocenters. The van der Waals surface area contributed by atoms with Crippen molar-refractivity contribution in [1.29, 1.82) is 0 Å². The number of rotatable bonds is 9. The van der Waals surface area contributed by atoms with Gasteiger partial charge in [-0.2, -0.15) is 0 Å². The van der Waals surface area contributed by atoms with Crippen molar-refractivity contribution in [3.05, 3.63) is 71.7 Å². The third-order valence-electron chi connectivity index (χ3n) is 5.20. The number of aryl methyl sites for hydroxylation is 1. The summed E-state index contributed by atoms with van der Waals surface area (Å²) >= 11 is 1.43. The van der Waals surface area contributed by atoms with Gasteiger partial charge in [-0.15, -0.1) is 10.2 Å². The zero-order chi connectivity index (χ0) is 21.8. The highest BCUT2D eigenvalue weighted by atomic mass is 32.2. The molecule has 7 nitrogen and oxygen atoms in total. The number of Topliss-reactive ketones (excluding diaryl/α,β-unsaturated/α-hetero) is 1. The van der Waals surface area contributed by atoms with Crippen LogP contribution in [0.25, 0.3) is 11.4 Å². The van der Waals surface area contributed by atoms with E-state index in [9.17, 15) is 4.79 Å². The Kier molecular flexibility index (Phi) is 6.36. The fraction of sp³-hybridized carbons (Fsp3) is 0.304. The molecule has 4 aromatic rings. The summed E-state index contributed by atoms with van der Waals surface area (Å²) in [6.45, 7) is 7.52. The Balaban J connectivity index is 1.51. The van der Waals surface area contributed by atoms with Crippen LogP contribution in [-0.2, 0) is 13.1 Å². The van der Waals surface area contributed by atoms with Gasteiger partial charge in [-0.05, 0) is 50.6 Å². The molecule has 0 radical (unpaired) electrons. The molecule has 4 aromatic heterocycles. The normalized spacial score (nSPS) is 11.2. The van der Waals surface area contributed by atoms with Gasteiger partial charge < -0.3 is 13.6 Å². The summed E-state index contributed by atoms with van der Waals surface area (Å²) in [5, 5.41) is 9.49. The molecule has 0 fully saturated rings. The highest BCUT2D eigenvalue weighted by Gasteiger charge is 2.19. The second-order valence-electron chi connectivity index (χ2n) is 7.36. The van der Waals surface area contributed by atoms with Crippen LogP contribution in [0.4, 0.5) is 0 Å². The van der Waals surface area contributed by atoms with Crippen LogP contribution in [0, 0.1) is 13.8 Å². The minimum Gasteiger partial charge on any atom is -0.467 e. The summed E-state index contributed by atoms with van der Waals surface area (Å²) in [6, 6.07) is 9.61. The van der Waals surface area contributed by atoms with E-state index in [-0.39, 0.29) is 5.78 Å². The van der Waals surface area contributed by atoms with Crippen molar-refractivity contribution in [2.24, 2.45) is 0 Å². The van der Waals surface area contributed by atoms with Gasteiger partial charge in [0.2, 0.25) is 0 Å². The molecular weight excluding hydrogens is 410 g/mol. The monoisotopic (exact) mass is 435 g/mol. The molecular formula is C23H25N5O2S. The van der Waals surface area contributed by atoms with Crippen molar-refractivity contribution >= 4 is 17.5 Å². The van der Waals surface area contributed by atoms with E-state index in [1.165, 1.54) is 11.8 Å². The zero-order valence-electron chi connectivity index (χ0n) is 17.9. The summed E-state index contributed by atoms with van der Waals surface area (Å²) in [5.41, 5.74) is 3.70. The van der Waals surface area contributed by atoms with E-state index < -0.39 is 0 Å². The summed E-state index contributed by atoms with van der Waals surface area (Å²) < 4.78 is 9.65. The van der Waals surface area contributed by atoms with Gasteiger partial charge >= 0.3 is 0 Å². The molecule has 4 heterocycles. The number of hydrogen-bond donors (Lipinski definition) is 0. The lowest BCUT2D eigenvalue weighted by Gasteiger charge is -2.09. The number of ketones is 1. The predicted octanol–water partition coefficient (Wildman–Crippen LogP) is 4.78. The number of carbonyl (C=O) groups is 1. The lowest BCUT2D eigenvalue weighted by atomic mass is 10.2. The first-order valence-electron chi connectivity index (χ1n) is 10.3. The van der Waals surface area contributed by atoms with E-state index in [1.54, 1.807) is 18.7 Å². The number of nitrogens with zero attached hydrogens (tertiary/aromatic N) is 5. The number of thioether (sulfide) groups is 1. The van der Waals surface area contributed by atoms with E-state index in [0.29, 0.717) is 12.3 Å². The van der Waals surface area contributed by atoms with E-state index in [1.807, 2.05) is 44.2 Å². The first-order chi connectivity index (χ1) is 15.1. The predicted molar refractivity (Wildman–Crippen MR) is 120 cm³/mol. The van der Waals surface area contributed by atoms with E-state index in [2.05, 4.69) is 31.2 Å². The maximum Gasteiger partial charge on any atom is 0.191 e. The van der Waals surface area contributed by atoms with E-state index in [0.717, 1.165) is 52.2 Å². The molecule has 0 aromatic carbocycles. The van der Waals surface area contributed by atoms with Crippen LogP contribution in [0.5, 0.6) is 0 Å². The van der Waals surface area contributed by atoms with Crippen molar-refractivity contribution < 1.29 is 9.21 Å². The Hall–Kier alpha value is -3.13. The molecule has 0 bridgehead atoms. The van der Waals surface area contributed by atoms with Gasteiger partial charge in [0, 0.05) is 41.5 Å². The van der Waals surface area contributed by atoms with Crippen LogP contribution in [0.15, 0.2) is 58.6 Å². The van der Waals surface area contributed by atoms with Gasteiger partial charge in [0.15, 0.2) is 16.8 Å². The second-order valence-corrected chi connectivity index (χ2v) is 8.30. The Morgan fingerprint density at radius 1 is 1.13 bits per heavy atom. The highest BCUT2D eigenvalue weighted by molar-refractivity contribution is 7.99. The number of carbonyl (C=O) groups excluding carboxylic acids is 1. The van der Waals surface area contributed by atoms with Crippen molar-refractivity contribution in [3.63, 3.8) is 0 Å². The Bertz CT molecular complexity index is 1160. The summed E-state index contributed by atoms with van der Waals surface area (Å²) in [5.74, 6) is 2.06. The topological polar surface area (TPSA) is 78.7 Å². The van der Waals surface area contributed by atoms with Gasteiger partial charge in [0.25, 0.3) is 0 Å². The van der Waals surface area contributed by atoms with Crippen molar-refractivity contribution in [3.8, 4) is 11.4 Å². The molecule has 0 unspecified atom stereocenters. The van der Waals surface area contributed by atoms with E-state index in [4.69, 9.17) is 4.42 Å². The van der Waals surface area contributed by atoms with E-state index >= 15 is 0 Å². The molecule has 31 heavy (non-hydrogen) atoms. The molecule has 8 heteroatoms. The van der Waals surface area contributed by atoms with Gasteiger partial charge in [0.05, 0.1) is 18.6 Å². The number of pyridine rings is 1. The number of furan rings is 1. The molecule has 0 aliphatic rings. The third-order valence-corrected chi connectivity index (χ3v) is 6.17. The third kappa shape index (κ3) is 4.49. The van der Waals surface area contributed by atoms with Crippen LogP contribution in [0.1, 0.15) is 40.9 Å². The average molecular weight is 436 g/mol. The van der Waals surface area contributed by atoms with Crippen LogP contribution >= 0.6 is 11.8 Å². The van der Waals surface area contributed by atoms with Crippen molar-refractivity contribution in [2.45, 2.75) is 45.4 Å². The number of aromatic nitrogens is 5. The molecule has 0 spiro atoms. The molecule has 0 N–H and O–H groups in total. The maximum absolute atomic E-state index is 13.0. The van der Waals surface area contributed by atoms with Gasteiger partial charge in [-0.25, -0.2) is 0 Å². The summed E-state index contributed by atoms with van der Waals surface area (Å²) in [7, 11) is 0. The standard InChI is InChI=1S/C23H25N5O2S/c1-4-11-27-22(18-7-9-24-10-8-18)25-26-23(27)31-15-21(29)20-13-16(2)28(17(20)3)14-19-6-5-12-30-19/h5-10,12-13H,4,11,14-15H2,1-3H3. The van der Waals surface area contributed by atoms with Gasteiger partial charge in [-0.1, -0.05) is 18.7 Å². The highest BCUT2D eigenvalue weighted by Crippen LogP contribution is 2.26. The fourth-order valence-corrected chi connectivity index (χ4v) is 4.48. The first-order valence-corrected chi connectivity index (χ1v) is 11.3. The Morgan fingerprint density at radius 2 is 1.94 bits per heavy atom. The molecule has 0 saturated carbocycles. The molecule has 160 valence electrons. The lowest BCUT2D eigenvalue weighted by molar-refractivity contribution is 0.102. The van der Waals surface area contributed by atoms with Crippen molar-refractivity contribution in [2.75, 3.05) is 5.75 Å². The SMILES string of the molecule is CCCn1c(SCC(=O)c2cc(C)n(Cc3ccco3)c2C)nnc1-c1ccncc1. The fourth-order valence-electron chi connectivity index (χ4n) is 3.63. The van der Waals surface area contributed by atoms with Gasteiger partial charge in [-0.3, -0.25) is 9.78 Å². The van der Waals surface area contributed by atoms with Crippen LogP contribution in [0.3, 0.4) is 0 Å². The minimum atomic E-state index is 0.0836. The molecule has 4 rings (SSSR count). The molecule has 0 aliphatic carbocycles. The van der Waals surface area contributed by atoms with Gasteiger partial charge in [0.1, 0.15) is 5.76 Å². The summed E-state index contributed by atoms with van der Waals surface area (Å²) in [4.78, 5) is 17.1. The molecule has 0 saturated heterocycles. The maximum atomic E-state index is 13.0.